The van der Waals surface area contributed by atoms with Gasteiger partial charge in [0.1, 0.15) is 5.82 Å². The molecule has 0 spiro atoms. The van der Waals surface area contributed by atoms with E-state index in [-0.39, 0.29) is 11.7 Å². The summed E-state index contributed by atoms with van der Waals surface area (Å²) >= 11 is 2.66. The van der Waals surface area contributed by atoms with Crippen LogP contribution in [-0.2, 0) is 11.2 Å². The summed E-state index contributed by atoms with van der Waals surface area (Å²) in [7, 11) is 0. The summed E-state index contributed by atoms with van der Waals surface area (Å²) in [5, 5.41) is 11.5. The van der Waals surface area contributed by atoms with E-state index < -0.39 is 0 Å². The van der Waals surface area contributed by atoms with Crippen molar-refractivity contribution < 1.29 is 9.18 Å². The number of fused-ring (bicyclic) bond motifs is 1. The van der Waals surface area contributed by atoms with Gasteiger partial charge in [0.05, 0.1) is 11.4 Å². The van der Waals surface area contributed by atoms with E-state index in [0.29, 0.717) is 20.9 Å². The van der Waals surface area contributed by atoms with Gasteiger partial charge in [0.25, 0.3) is 0 Å². The Balaban J connectivity index is 1.38. The molecule has 0 saturated carbocycles. The number of carbonyl (C=O) groups is 1. The minimum absolute atomic E-state index is 0.0611. The average molecular weight is 401 g/mol. The van der Waals surface area contributed by atoms with Crippen LogP contribution in [0.25, 0.3) is 0 Å². The number of rotatable bonds is 5. The molecule has 0 unspecified atom stereocenters. The second kappa shape index (κ2) is 8.06. The molecule has 1 N–H and O–H groups in total. The summed E-state index contributed by atoms with van der Waals surface area (Å²) in [4.78, 5) is 14.5. The van der Waals surface area contributed by atoms with Gasteiger partial charge >= 0.3 is 0 Å². The first kappa shape index (κ1) is 17.9. The highest BCUT2D eigenvalue weighted by atomic mass is 32.2. The van der Waals surface area contributed by atoms with Gasteiger partial charge in [-0.25, -0.2) is 4.39 Å². The van der Waals surface area contributed by atoms with Crippen LogP contribution in [0.15, 0.2) is 52.9 Å². The Labute approximate surface area is 164 Å². The summed E-state index contributed by atoms with van der Waals surface area (Å²) in [5.41, 5.74) is 2.58. The molecule has 5 nitrogen and oxygen atoms in total. The Kier molecular flexibility index (Phi) is 5.35. The van der Waals surface area contributed by atoms with Crippen molar-refractivity contribution in [1.29, 1.82) is 0 Å². The maximum Gasteiger partial charge on any atom is 0.237 e. The number of halogens is 1. The molecule has 3 aromatic rings. The Hall–Kier alpha value is -2.45. The second-order valence-corrected chi connectivity index (χ2v) is 8.24. The van der Waals surface area contributed by atoms with E-state index in [4.69, 9.17) is 0 Å². The molecule has 1 amide bonds. The number of hydrogen-bond donors (Lipinski definition) is 1. The molecular formula is C19H17FN4OS2. The molecule has 8 heteroatoms. The molecule has 0 aliphatic carbocycles. The lowest BCUT2D eigenvalue weighted by Crippen LogP contribution is -2.36. The lowest BCUT2D eigenvalue weighted by atomic mass is 10.0. The molecule has 1 aliphatic rings. The van der Waals surface area contributed by atoms with Crippen molar-refractivity contribution in [2.75, 3.05) is 22.5 Å². The topological polar surface area (TPSA) is 58.1 Å². The lowest BCUT2D eigenvalue weighted by Gasteiger charge is -2.29. The fourth-order valence-electron chi connectivity index (χ4n) is 2.99. The summed E-state index contributed by atoms with van der Waals surface area (Å²) in [6, 6.07) is 14.4. The van der Waals surface area contributed by atoms with Crippen LogP contribution >= 0.6 is 23.1 Å². The number of benzene rings is 2. The van der Waals surface area contributed by atoms with E-state index in [1.807, 2.05) is 23.1 Å². The number of nitrogens with zero attached hydrogens (tertiary/aromatic N) is 3. The maximum atomic E-state index is 13.7. The van der Waals surface area contributed by atoms with Crippen molar-refractivity contribution in [2.24, 2.45) is 0 Å². The van der Waals surface area contributed by atoms with E-state index in [1.165, 1.54) is 34.7 Å². The standard InChI is InChI=1S/C19H17FN4OS2/c20-14-8-2-3-9-15(14)21-18-22-23-19(27-18)26-12-17(25)24-11-5-7-13-6-1-4-10-16(13)24/h1-4,6,8-10H,5,7,11-12H2,(H,21,22). The molecule has 2 heterocycles. The van der Waals surface area contributed by atoms with Gasteiger partial charge < -0.3 is 10.2 Å². The lowest BCUT2D eigenvalue weighted by molar-refractivity contribution is -0.116. The Bertz CT molecular complexity index is 962. The monoisotopic (exact) mass is 400 g/mol. The molecule has 1 aromatic heterocycles. The van der Waals surface area contributed by atoms with Crippen LogP contribution < -0.4 is 10.2 Å². The Morgan fingerprint density at radius 1 is 1.19 bits per heavy atom. The highest BCUT2D eigenvalue weighted by Crippen LogP contribution is 2.31. The highest BCUT2D eigenvalue weighted by molar-refractivity contribution is 8.01. The van der Waals surface area contributed by atoms with Crippen LogP contribution in [0.4, 0.5) is 20.9 Å². The number of para-hydroxylation sites is 2. The fraction of sp³-hybridized carbons (Fsp3) is 0.211. The van der Waals surface area contributed by atoms with Gasteiger partial charge in [0, 0.05) is 12.2 Å². The number of thioether (sulfide) groups is 1. The van der Waals surface area contributed by atoms with Crippen LogP contribution in [0, 0.1) is 5.82 Å². The van der Waals surface area contributed by atoms with E-state index in [0.717, 1.165) is 25.1 Å². The molecule has 2 aromatic carbocycles. The number of amides is 1. The molecule has 0 bridgehead atoms. The second-order valence-electron chi connectivity index (χ2n) is 6.04. The fourth-order valence-corrected chi connectivity index (χ4v) is 4.63. The molecule has 1 aliphatic heterocycles. The van der Waals surface area contributed by atoms with Crippen LogP contribution in [-0.4, -0.2) is 28.4 Å². The average Bonchev–Trinajstić information content (AvgIpc) is 3.15. The predicted molar refractivity (Wildman–Crippen MR) is 107 cm³/mol. The van der Waals surface area contributed by atoms with E-state index in [2.05, 4.69) is 21.6 Å². The molecule has 0 radical (unpaired) electrons. The first-order valence-corrected chi connectivity index (χ1v) is 10.4. The Morgan fingerprint density at radius 3 is 2.89 bits per heavy atom. The van der Waals surface area contributed by atoms with E-state index >= 15 is 0 Å². The third-order valence-corrected chi connectivity index (χ3v) is 6.21. The van der Waals surface area contributed by atoms with Crippen LogP contribution in [0.5, 0.6) is 0 Å². The predicted octanol–water partition coefficient (Wildman–Crippen LogP) is 4.49. The third kappa shape index (κ3) is 4.12. The third-order valence-electron chi connectivity index (χ3n) is 4.25. The normalized spacial score (nSPS) is 13.3. The molecule has 0 atom stereocenters. The number of aryl methyl sites for hydroxylation is 1. The van der Waals surface area contributed by atoms with Gasteiger partial charge in [-0.2, -0.15) is 0 Å². The minimum Gasteiger partial charge on any atom is -0.328 e. The van der Waals surface area contributed by atoms with Crippen molar-refractivity contribution in [2.45, 2.75) is 17.2 Å². The zero-order valence-electron chi connectivity index (χ0n) is 14.4. The summed E-state index contributed by atoms with van der Waals surface area (Å²) in [6.07, 6.45) is 1.98. The number of nitrogens with one attached hydrogen (secondary N) is 1. The minimum atomic E-state index is -0.346. The van der Waals surface area contributed by atoms with E-state index in [1.54, 1.807) is 18.2 Å². The van der Waals surface area contributed by atoms with Gasteiger partial charge in [-0.15, -0.1) is 10.2 Å². The highest BCUT2D eigenvalue weighted by Gasteiger charge is 2.22. The summed E-state index contributed by atoms with van der Waals surface area (Å²) in [5.74, 6) is 0.00895. The molecular weight excluding hydrogens is 383 g/mol. The summed E-state index contributed by atoms with van der Waals surface area (Å²) in [6.45, 7) is 0.743. The van der Waals surface area contributed by atoms with Gasteiger partial charge in [-0.3, -0.25) is 4.79 Å². The first-order chi connectivity index (χ1) is 13.2. The van der Waals surface area contributed by atoms with Crippen molar-refractivity contribution in [1.82, 2.24) is 10.2 Å². The summed E-state index contributed by atoms with van der Waals surface area (Å²) < 4.78 is 14.4. The van der Waals surface area contributed by atoms with Gasteiger partial charge in [-0.1, -0.05) is 53.4 Å². The molecule has 138 valence electrons. The molecule has 27 heavy (non-hydrogen) atoms. The molecule has 0 fully saturated rings. The first-order valence-electron chi connectivity index (χ1n) is 8.57. The van der Waals surface area contributed by atoms with E-state index in [9.17, 15) is 9.18 Å². The van der Waals surface area contributed by atoms with Crippen LogP contribution in [0.1, 0.15) is 12.0 Å². The van der Waals surface area contributed by atoms with Crippen LogP contribution in [0.2, 0.25) is 0 Å². The van der Waals surface area contributed by atoms with Crippen molar-refractivity contribution >= 4 is 45.5 Å². The Morgan fingerprint density at radius 2 is 2.00 bits per heavy atom. The quantitative estimate of drug-likeness (QED) is 0.640. The zero-order chi connectivity index (χ0) is 18.6. The van der Waals surface area contributed by atoms with Crippen molar-refractivity contribution in [3.63, 3.8) is 0 Å². The van der Waals surface area contributed by atoms with Gasteiger partial charge in [0.2, 0.25) is 11.0 Å². The molecule has 0 saturated heterocycles. The van der Waals surface area contributed by atoms with Crippen molar-refractivity contribution in [3.05, 3.63) is 59.9 Å². The van der Waals surface area contributed by atoms with Crippen LogP contribution in [0.3, 0.4) is 0 Å². The number of carbonyl (C=O) groups excluding carboxylic acids is 1. The zero-order valence-corrected chi connectivity index (χ0v) is 16.0. The maximum absolute atomic E-state index is 13.7. The van der Waals surface area contributed by atoms with Crippen molar-refractivity contribution in [3.8, 4) is 0 Å². The van der Waals surface area contributed by atoms with Gasteiger partial charge in [0.15, 0.2) is 4.34 Å². The number of anilines is 3. The molecule has 4 rings (SSSR count). The van der Waals surface area contributed by atoms with Gasteiger partial charge in [-0.05, 0) is 36.6 Å². The smallest absolute Gasteiger partial charge is 0.237 e. The number of hydrogen-bond acceptors (Lipinski definition) is 6. The SMILES string of the molecule is O=C(CSc1nnc(Nc2ccccc2F)s1)N1CCCc2ccccc21. The largest absolute Gasteiger partial charge is 0.328 e. The number of aromatic nitrogens is 2.